The molecule has 99 valence electrons. The number of likely N-dealkylation sites (N-methyl/N-ethyl adjacent to an activating group) is 1. The first kappa shape index (κ1) is 14.8. The Labute approximate surface area is 111 Å². The first-order valence-electron chi connectivity index (χ1n) is 6.71. The van der Waals surface area contributed by atoms with Gasteiger partial charge in [-0.1, -0.05) is 31.1 Å². The Morgan fingerprint density at radius 2 is 1.94 bits per heavy atom. The van der Waals surface area contributed by atoms with E-state index in [2.05, 4.69) is 24.6 Å². The maximum Gasteiger partial charge on any atom is 0.119 e. The maximum absolute atomic E-state index is 5.63. The normalized spacial score (nSPS) is 10.6. The molecule has 0 atom stereocenters. The van der Waals surface area contributed by atoms with E-state index in [1.165, 1.54) is 19.3 Å². The van der Waals surface area contributed by atoms with Crippen molar-refractivity contribution in [1.29, 1.82) is 0 Å². The Balaban J connectivity index is 1.91. The standard InChI is InChI=1S/C16H24NO/c1-3-13-17(2)14-9-4-5-10-15-18-16-11-7-6-8-12-16/h3,7-8,11-12H,1,4-5,9-10,13-15H2,2H3. The molecule has 0 saturated carbocycles. The van der Waals surface area contributed by atoms with Crippen molar-refractivity contribution in [1.82, 2.24) is 4.90 Å². The van der Waals surface area contributed by atoms with Gasteiger partial charge in [0.1, 0.15) is 5.75 Å². The average molecular weight is 246 g/mol. The van der Waals surface area contributed by atoms with Crippen molar-refractivity contribution >= 4 is 0 Å². The van der Waals surface area contributed by atoms with E-state index < -0.39 is 0 Å². The summed E-state index contributed by atoms with van der Waals surface area (Å²) in [5.41, 5.74) is 0. The Bertz CT molecular complexity index is 310. The largest absolute Gasteiger partial charge is 0.494 e. The summed E-state index contributed by atoms with van der Waals surface area (Å²) in [6.07, 6.45) is 6.84. The molecule has 0 saturated heterocycles. The highest BCUT2D eigenvalue weighted by Gasteiger charge is 1.96. The summed E-state index contributed by atoms with van der Waals surface area (Å²) >= 11 is 0. The van der Waals surface area contributed by atoms with Gasteiger partial charge < -0.3 is 9.64 Å². The van der Waals surface area contributed by atoms with Crippen LogP contribution in [0.4, 0.5) is 0 Å². The van der Waals surface area contributed by atoms with Gasteiger partial charge in [-0.05, 0) is 44.6 Å². The Kier molecular flexibility index (Phi) is 7.98. The molecule has 0 fully saturated rings. The summed E-state index contributed by atoms with van der Waals surface area (Å²) in [6.45, 7) is 6.68. The Hall–Kier alpha value is -1.28. The molecular formula is C16H24NO. The quantitative estimate of drug-likeness (QED) is 0.462. The summed E-state index contributed by atoms with van der Waals surface area (Å²) in [5, 5.41) is 0. The van der Waals surface area contributed by atoms with Gasteiger partial charge in [0.2, 0.25) is 0 Å². The van der Waals surface area contributed by atoms with Crippen LogP contribution in [-0.4, -0.2) is 31.6 Å². The second-order valence-electron chi connectivity index (χ2n) is 4.55. The van der Waals surface area contributed by atoms with Crippen molar-refractivity contribution in [2.45, 2.75) is 25.7 Å². The molecule has 1 aromatic carbocycles. The second kappa shape index (κ2) is 9.72. The highest BCUT2D eigenvalue weighted by molar-refractivity contribution is 5.20. The van der Waals surface area contributed by atoms with Crippen molar-refractivity contribution in [3.05, 3.63) is 43.0 Å². The molecule has 0 aliphatic carbocycles. The topological polar surface area (TPSA) is 12.5 Å². The molecule has 0 heterocycles. The van der Waals surface area contributed by atoms with Gasteiger partial charge in [0.15, 0.2) is 0 Å². The summed E-state index contributed by atoms with van der Waals surface area (Å²) in [7, 11) is 2.14. The van der Waals surface area contributed by atoms with Crippen molar-refractivity contribution < 1.29 is 4.74 Å². The van der Waals surface area contributed by atoms with Gasteiger partial charge in [0.05, 0.1) is 6.61 Å². The van der Waals surface area contributed by atoms with Gasteiger partial charge in [-0.2, -0.15) is 0 Å². The average Bonchev–Trinajstić information content (AvgIpc) is 2.39. The second-order valence-corrected chi connectivity index (χ2v) is 4.55. The van der Waals surface area contributed by atoms with E-state index in [9.17, 15) is 0 Å². The molecule has 0 aliphatic heterocycles. The smallest absolute Gasteiger partial charge is 0.119 e. The summed E-state index contributed by atoms with van der Waals surface area (Å²) < 4.78 is 5.63. The van der Waals surface area contributed by atoms with Crippen molar-refractivity contribution in [3.63, 3.8) is 0 Å². The fourth-order valence-corrected chi connectivity index (χ4v) is 1.81. The summed E-state index contributed by atoms with van der Waals surface area (Å²) in [6, 6.07) is 10.6. The van der Waals surface area contributed by atoms with Crippen molar-refractivity contribution in [3.8, 4) is 5.75 Å². The van der Waals surface area contributed by atoms with E-state index in [0.29, 0.717) is 0 Å². The summed E-state index contributed by atoms with van der Waals surface area (Å²) in [5.74, 6) is 0.944. The fourth-order valence-electron chi connectivity index (χ4n) is 1.81. The van der Waals surface area contributed by atoms with Crippen LogP contribution in [0.15, 0.2) is 36.9 Å². The maximum atomic E-state index is 5.63. The van der Waals surface area contributed by atoms with Crippen LogP contribution < -0.4 is 4.74 Å². The Morgan fingerprint density at radius 3 is 2.67 bits per heavy atom. The van der Waals surface area contributed by atoms with E-state index in [1.807, 2.05) is 30.3 Å². The van der Waals surface area contributed by atoms with Crippen LogP contribution in [0.25, 0.3) is 0 Å². The van der Waals surface area contributed by atoms with E-state index in [1.54, 1.807) is 0 Å². The molecule has 1 aromatic rings. The lowest BCUT2D eigenvalue weighted by Gasteiger charge is -2.13. The zero-order chi connectivity index (χ0) is 13.1. The molecular weight excluding hydrogens is 222 g/mol. The van der Waals surface area contributed by atoms with Crippen LogP contribution in [0, 0.1) is 6.07 Å². The molecule has 1 rings (SSSR count). The van der Waals surface area contributed by atoms with Crippen LogP contribution in [0.3, 0.4) is 0 Å². The van der Waals surface area contributed by atoms with E-state index in [-0.39, 0.29) is 0 Å². The minimum atomic E-state index is 0.812. The van der Waals surface area contributed by atoms with Crippen LogP contribution >= 0.6 is 0 Å². The highest BCUT2D eigenvalue weighted by atomic mass is 16.5. The lowest BCUT2D eigenvalue weighted by molar-refractivity contribution is 0.300. The molecule has 1 radical (unpaired) electrons. The molecule has 0 amide bonds. The SMILES string of the molecule is C=CCN(C)CCCCCCOc1cc[c]cc1. The molecule has 2 heteroatoms. The molecule has 0 N–H and O–H groups in total. The number of ether oxygens (including phenoxy) is 1. The van der Waals surface area contributed by atoms with Gasteiger partial charge in [-0.3, -0.25) is 0 Å². The van der Waals surface area contributed by atoms with Gasteiger partial charge in [0, 0.05) is 6.54 Å². The molecule has 0 spiro atoms. The zero-order valence-corrected chi connectivity index (χ0v) is 11.4. The van der Waals surface area contributed by atoms with Crippen molar-refractivity contribution in [2.75, 3.05) is 26.7 Å². The minimum absolute atomic E-state index is 0.812. The fraction of sp³-hybridized carbons (Fsp3) is 0.500. The first-order valence-corrected chi connectivity index (χ1v) is 6.71. The number of benzene rings is 1. The van der Waals surface area contributed by atoms with Crippen LogP contribution in [0.1, 0.15) is 25.7 Å². The minimum Gasteiger partial charge on any atom is -0.494 e. The lowest BCUT2D eigenvalue weighted by atomic mass is 10.2. The highest BCUT2D eigenvalue weighted by Crippen LogP contribution is 2.09. The van der Waals surface area contributed by atoms with Crippen LogP contribution in [0.2, 0.25) is 0 Å². The van der Waals surface area contributed by atoms with Gasteiger partial charge >= 0.3 is 0 Å². The third-order valence-corrected chi connectivity index (χ3v) is 2.83. The predicted octanol–water partition coefficient (Wildman–Crippen LogP) is 3.54. The Morgan fingerprint density at radius 1 is 1.22 bits per heavy atom. The van der Waals surface area contributed by atoms with Gasteiger partial charge in [0.25, 0.3) is 0 Å². The van der Waals surface area contributed by atoms with E-state index >= 15 is 0 Å². The molecule has 0 bridgehead atoms. The molecule has 0 aromatic heterocycles. The molecule has 0 aliphatic rings. The van der Waals surface area contributed by atoms with E-state index in [4.69, 9.17) is 4.74 Å². The molecule has 2 nitrogen and oxygen atoms in total. The zero-order valence-electron chi connectivity index (χ0n) is 11.4. The number of unbranched alkanes of at least 4 members (excludes halogenated alkanes) is 3. The van der Waals surface area contributed by atoms with Crippen LogP contribution in [0.5, 0.6) is 5.75 Å². The van der Waals surface area contributed by atoms with Gasteiger partial charge in [-0.15, -0.1) is 6.58 Å². The third kappa shape index (κ3) is 7.13. The molecule has 18 heavy (non-hydrogen) atoms. The van der Waals surface area contributed by atoms with Gasteiger partial charge in [-0.25, -0.2) is 0 Å². The predicted molar refractivity (Wildman–Crippen MR) is 76.9 cm³/mol. The van der Waals surface area contributed by atoms with Crippen molar-refractivity contribution in [2.24, 2.45) is 0 Å². The third-order valence-electron chi connectivity index (χ3n) is 2.83. The number of hydrogen-bond acceptors (Lipinski definition) is 2. The molecule has 0 unspecified atom stereocenters. The first-order chi connectivity index (χ1) is 8.83. The number of rotatable bonds is 10. The van der Waals surface area contributed by atoms with Crippen LogP contribution in [-0.2, 0) is 0 Å². The monoisotopic (exact) mass is 246 g/mol. The number of nitrogens with zero attached hydrogens (tertiary/aromatic N) is 1. The lowest BCUT2D eigenvalue weighted by Crippen LogP contribution is -2.19. The summed E-state index contributed by atoms with van der Waals surface area (Å²) in [4.78, 5) is 2.30. The van der Waals surface area contributed by atoms with E-state index in [0.717, 1.165) is 31.9 Å². The number of hydrogen-bond donors (Lipinski definition) is 0.